The lowest BCUT2D eigenvalue weighted by molar-refractivity contribution is 0.109. The van der Waals surface area contributed by atoms with Crippen LogP contribution in [0, 0.1) is 0 Å². The van der Waals surface area contributed by atoms with Gasteiger partial charge < -0.3 is 5.11 Å². The molecule has 3 aromatic rings. The molecule has 152 valence electrons. The highest BCUT2D eigenvalue weighted by atomic mass is 16.3. The van der Waals surface area contributed by atoms with Crippen LogP contribution in [0.5, 0.6) is 0 Å². The van der Waals surface area contributed by atoms with Gasteiger partial charge in [0, 0.05) is 0 Å². The van der Waals surface area contributed by atoms with Crippen molar-refractivity contribution in [1.29, 1.82) is 0 Å². The molecule has 0 bridgehead atoms. The Morgan fingerprint density at radius 2 is 0.966 bits per heavy atom. The van der Waals surface area contributed by atoms with Gasteiger partial charge in [-0.25, -0.2) is 0 Å². The summed E-state index contributed by atoms with van der Waals surface area (Å²) in [6.45, 7) is 2.25. The normalized spacial score (nSPS) is 12.6. The molecule has 0 aliphatic heterocycles. The molecular formula is C28H34O. The lowest BCUT2D eigenvalue weighted by Crippen LogP contribution is -2.42. The Kier molecular flexibility index (Phi) is 8.07. The molecule has 0 amide bonds. The van der Waals surface area contributed by atoms with Gasteiger partial charge in [0.25, 0.3) is 0 Å². The van der Waals surface area contributed by atoms with Crippen LogP contribution in [0.2, 0.25) is 0 Å². The zero-order valence-electron chi connectivity index (χ0n) is 17.6. The average Bonchev–Trinajstić information content (AvgIpc) is 2.79. The summed E-state index contributed by atoms with van der Waals surface area (Å²) in [4.78, 5) is 0. The van der Waals surface area contributed by atoms with Crippen LogP contribution in [0.1, 0.15) is 68.6 Å². The van der Waals surface area contributed by atoms with Crippen LogP contribution in [0.4, 0.5) is 0 Å². The molecule has 0 aliphatic carbocycles. The fourth-order valence-electron chi connectivity index (χ4n) is 4.51. The van der Waals surface area contributed by atoms with Gasteiger partial charge in [-0.15, -0.1) is 0 Å². The molecule has 1 nitrogen and oxygen atoms in total. The third-order valence-electron chi connectivity index (χ3n) is 6.02. The maximum atomic E-state index is 11.7. The topological polar surface area (TPSA) is 20.2 Å². The Bertz CT molecular complexity index is 714. The van der Waals surface area contributed by atoms with E-state index in [4.69, 9.17) is 0 Å². The predicted octanol–water partition coefficient (Wildman–Crippen LogP) is 7.13. The first-order valence-electron chi connectivity index (χ1n) is 11.1. The lowest BCUT2D eigenvalue weighted by atomic mass is 9.65. The minimum atomic E-state index is -0.562. The van der Waals surface area contributed by atoms with Gasteiger partial charge in [0.1, 0.15) is 0 Å². The van der Waals surface area contributed by atoms with Crippen LogP contribution < -0.4 is 0 Å². The zero-order chi connectivity index (χ0) is 20.4. The van der Waals surface area contributed by atoms with Crippen molar-refractivity contribution < 1.29 is 5.11 Å². The molecule has 0 heterocycles. The Hall–Kier alpha value is -2.38. The molecule has 0 saturated carbocycles. The fraction of sp³-hybridized carbons (Fsp3) is 0.357. The second kappa shape index (κ2) is 11.0. The quantitative estimate of drug-likeness (QED) is 0.274. The summed E-state index contributed by atoms with van der Waals surface area (Å²) < 4.78 is 0. The molecule has 0 aliphatic rings. The fourth-order valence-corrected chi connectivity index (χ4v) is 4.51. The SMILES string of the molecule is CCCCCCCCC(O)C(c1ccccc1)(c1ccccc1)c1ccccc1. The zero-order valence-corrected chi connectivity index (χ0v) is 17.6. The molecule has 3 aromatic carbocycles. The summed E-state index contributed by atoms with van der Waals surface area (Å²) in [5.74, 6) is 0. The van der Waals surface area contributed by atoms with Gasteiger partial charge in [-0.2, -0.15) is 0 Å². The summed E-state index contributed by atoms with van der Waals surface area (Å²) in [6, 6.07) is 31.5. The van der Waals surface area contributed by atoms with E-state index in [0.717, 1.165) is 29.5 Å². The summed E-state index contributed by atoms with van der Waals surface area (Å²) in [5.41, 5.74) is 2.88. The highest BCUT2D eigenvalue weighted by molar-refractivity contribution is 5.51. The number of unbranched alkanes of at least 4 members (excludes halogenated alkanes) is 5. The van der Waals surface area contributed by atoms with E-state index in [0.29, 0.717) is 0 Å². The third-order valence-corrected chi connectivity index (χ3v) is 6.02. The minimum absolute atomic E-state index is 0.485. The van der Waals surface area contributed by atoms with Crippen LogP contribution in [0.3, 0.4) is 0 Å². The number of benzene rings is 3. The first-order valence-corrected chi connectivity index (χ1v) is 11.1. The molecule has 0 radical (unpaired) electrons. The van der Waals surface area contributed by atoms with Crippen molar-refractivity contribution in [1.82, 2.24) is 0 Å². The van der Waals surface area contributed by atoms with Crippen molar-refractivity contribution in [3.8, 4) is 0 Å². The van der Waals surface area contributed by atoms with E-state index < -0.39 is 11.5 Å². The summed E-state index contributed by atoms with van der Waals surface area (Å²) in [5, 5.41) is 11.7. The first kappa shape index (κ1) is 21.3. The van der Waals surface area contributed by atoms with Crippen molar-refractivity contribution >= 4 is 0 Å². The van der Waals surface area contributed by atoms with Crippen molar-refractivity contribution in [3.63, 3.8) is 0 Å². The molecular weight excluding hydrogens is 352 g/mol. The second-order valence-electron chi connectivity index (χ2n) is 7.98. The molecule has 0 spiro atoms. The Morgan fingerprint density at radius 1 is 0.586 bits per heavy atom. The molecule has 3 rings (SSSR count). The van der Waals surface area contributed by atoms with Gasteiger partial charge in [0.05, 0.1) is 11.5 Å². The van der Waals surface area contributed by atoms with Crippen molar-refractivity contribution in [2.75, 3.05) is 0 Å². The van der Waals surface area contributed by atoms with Gasteiger partial charge in [-0.05, 0) is 23.1 Å². The van der Waals surface area contributed by atoms with Gasteiger partial charge >= 0.3 is 0 Å². The van der Waals surface area contributed by atoms with Crippen molar-refractivity contribution in [2.45, 2.75) is 63.4 Å². The van der Waals surface area contributed by atoms with Gasteiger partial charge in [-0.1, -0.05) is 136 Å². The van der Waals surface area contributed by atoms with Gasteiger partial charge in [-0.3, -0.25) is 0 Å². The largest absolute Gasteiger partial charge is 0.391 e. The standard InChI is InChI=1S/C28H34O/c1-2-3-4-5-6-16-23-27(29)28(24-17-10-7-11-18-24,25-19-12-8-13-20-25)26-21-14-9-15-22-26/h7-15,17-22,27,29H,2-6,16,23H2,1H3. The van der Waals surface area contributed by atoms with E-state index in [1.807, 2.05) is 18.2 Å². The van der Waals surface area contributed by atoms with E-state index in [1.54, 1.807) is 0 Å². The van der Waals surface area contributed by atoms with E-state index >= 15 is 0 Å². The third kappa shape index (κ3) is 4.97. The maximum absolute atomic E-state index is 11.7. The summed E-state index contributed by atoms with van der Waals surface area (Å²) in [6.07, 6.45) is 7.69. The Balaban J connectivity index is 1.98. The number of aliphatic hydroxyl groups excluding tert-OH is 1. The van der Waals surface area contributed by atoms with Crippen molar-refractivity contribution in [3.05, 3.63) is 108 Å². The maximum Gasteiger partial charge on any atom is 0.0718 e. The average molecular weight is 387 g/mol. The number of rotatable bonds is 11. The molecule has 1 unspecified atom stereocenters. The summed E-state index contributed by atoms with van der Waals surface area (Å²) >= 11 is 0. The Morgan fingerprint density at radius 3 is 1.38 bits per heavy atom. The molecule has 29 heavy (non-hydrogen) atoms. The van der Waals surface area contributed by atoms with Gasteiger partial charge in [0.2, 0.25) is 0 Å². The smallest absolute Gasteiger partial charge is 0.0718 e. The Labute approximate surface area is 176 Å². The van der Waals surface area contributed by atoms with E-state index in [9.17, 15) is 5.11 Å². The van der Waals surface area contributed by atoms with Crippen LogP contribution in [-0.4, -0.2) is 11.2 Å². The molecule has 1 atom stereocenters. The predicted molar refractivity (Wildman–Crippen MR) is 123 cm³/mol. The van der Waals surface area contributed by atoms with Crippen LogP contribution in [-0.2, 0) is 5.41 Å². The van der Waals surface area contributed by atoms with Crippen LogP contribution in [0.25, 0.3) is 0 Å². The first-order chi connectivity index (χ1) is 14.3. The number of aliphatic hydroxyl groups is 1. The monoisotopic (exact) mass is 386 g/mol. The lowest BCUT2D eigenvalue weighted by Gasteiger charge is -2.40. The molecule has 0 aromatic heterocycles. The molecule has 0 saturated heterocycles. The molecule has 1 N–H and O–H groups in total. The minimum Gasteiger partial charge on any atom is -0.391 e. The molecule has 0 fully saturated rings. The van der Waals surface area contributed by atoms with Crippen molar-refractivity contribution in [2.24, 2.45) is 0 Å². The van der Waals surface area contributed by atoms with Gasteiger partial charge in [0.15, 0.2) is 0 Å². The highest BCUT2D eigenvalue weighted by Gasteiger charge is 2.42. The van der Waals surface area contributed by atoms with E-state index in [-0.39, 0.29) is 0 Å². The highest BCUT2D eigenvalue weighted by Crippen LogP contribution is 2.43. The number of hydrogen-bond acceptors (Lipinski definition) is 1. The van der Waals surface area contributed by atoms with Crippen LogP contribution in [0.15, 0.2) is 91.0 Å². The van der Waals surface area contributed by atoms with Crippen LogP contribution >= 0.6 is 0 Å². The molecule has 1 heteroatoms. The second-order valence-corrected chi connectivity index (χ2v) is 7.98. The van der Waals surface area contributed by atoms with E-state index in [1.165, 1.54) is 32.1 Å². The number of hydrogen-bond donors (Lipinski definition) is 1. The van der Waals surface area contributed by atoms with E-state index in [2.05, 4.69) is 79.7 Å². The summed E-state index contributed by atoms with van der Waals surface area (Å²) in [7, 11) is 0.